The Labute approximate surface area is 94.0 Å². The van der Waals surface area contributed by atoms with Crippen LogP contribution >= 0.6 is 0 Å². The zero-order valence-corrected chi connectivity index (χ0v) is 9.01. The summed E-state index contributed by atoms with van der Waals surface area (Å²) in [5.74, 6) is 0. The van der Waals surface area contributed by atoms with Gasteiger partial charge in [0.15, 0.2) is 0 Å². The summed E-state index contributed by atoms with van der Waals surface area (Å²) in [7, 11) is 0. The molecule has 2 rings (SSSR count). The predicted octanol–water partition coefficient (Wildman–Crippen LogP) is 2.10. The number of carbonyl (C=O) groups is 1. The van der Waals surface area contributed by atoms with E-state index < -0.39 is 12.2 Å². The van der Waals surface area contributed by atoms with Crippen molar-refractivity contribution < 1.29 is 9.53 Å². The van der Waals surface area contributed by atoms with E-state index in [1.54, 1.807) is 0 Å². The Bertz CT molecular complexity index is 433. The van der Waals surface area contributed by atoms with Crippen molar-refractivity contribution in [3.63, 3.8) is 0 Å². The summed E-state index contributed by atoms with van der Waals surface area (Å²) in [6.45, 7) is 2.38. The van der Waals surface area contributed by atoms with Crippen molar-refractivity contribution in [3.05, 3.63) is 29.8 Å². The van der Waals surface area contributed by atoms with E-state index in [9.17, 15) is 4.79 Å². The van der Waals surface area contributed by atoms with Crippen molar-refractivity contribution >= 4 is 11.8 Å². The first-order chi connectivity index (χ1) is 7.74. The Kier molecular flexibility index (Phi) is 2.78. The van der Waals surface area contributed by atoms with E-state index in [4.69, 9.17) is 10.00 Å². The molecule has 1 amide bonds. The molecule has 0 spiro atoms. The van der Waals surface area contributed by atoms with Crippen molar-refractivity contribution in [1.82, 2.24) is 0 Å². The second-order valence-corrected chi connectivity index (χ2v) is 3.63. The van der Waals surface area contributed by atoms with Gasteiger partial charge in [-0.05, 0) is 24.1 Å². The van der Waals surface area contributed by atoms with Gasteiger partial charge in [0, 0.05) is 5.69 Å². The van der Waals surface area contributed by atoms with Crippen LogP contribution in [0.25, 0.3) is 0 Å². The van der Waals surface area contributed by atoms with Crippen LogP contribution in [0.2, 0.25) is 0 Å². The summed E-state index contributed by atoms with van der Waals surface area (Å²) in [5, 5.41) is 8.68. The van der Waals surface area contributed by atoms with Crippen LogP contribution in [0.4, 0.5) is 10.5 Å². The quantitative estimate of drug-likeness (QED) is 0.760. The number of cyclic esters (lactones) is 1. The molecule has 1 heterocycles. The molecule has 0 N–H and O–H groups in total. The minimum Gasteiger partial charge on any atom is -0.428 e. The van der Waals surface area contributed by atoms with Crippen molar-refractivity contribution in [1.29, 1.82) is 5.26 Å². The number of amides is 1. The Morgan fingerprint density at radius 2 is 2.19 bits per heavy atom. The molecule has 1 unspecified atom stereocenters. The Hall–Kier alpha value is -2.02. The fourth-order valence-electron chi connectivity index (χ4n) is 1.65. The number of hydrogen-bond acceptors (Lipinski definition) is 3. The van der Waals surface area contributed by atoms with E-state index in [1.165, 1.54) is 10.5 Å². The maximum Gasteiger partial charge on any atom is 0.415 e. The number of aryl methyl sites for hydroxylation is 1. The van der Waals surface area contributed by atoms with Crippen molar-refractivity contribution in [2.45, 2.75) is 19.4 Å². The maximum atomic E-state index is 11.5. The first kappa shape index (κ1) is 10.5. The molecular formula is C12H12N2O2. The van der Waals surface area contributed by atoms with Gasteiger partial charge in [0.1, 0.15) is 6.07 Å². The molecule has 1 aliphatic rings. The lowest BCUT2D eigenvalue weighted by molar-refractivity contribution is 0.162. The lowest BCUT2D eigenvalue weighted by Gasteiger charge is -2.12. The van der Waals surface area contributed by atoms with E-state index in [1.807, 2.05) is 30.3 Å². The van der Waals surface area contributed by atoms with Crippen molar-refractivity contribution in [2.24, 2.45) is 0 Å². The van der Waals surface area contributed by atoms with Crippen LogP contribution in [0.15, 0.2) is 24.3 Å². The predicted molar refractivity (Wildman–Crippen MR) is 59.0 cm³/mol. The molecule has 1 aromatic carbocycles. The van der Waals surface area contributed by atoms with Gasteiger partial charge in [-0.25, -0.2) is 4.79 Å². The van der Waals surface area contributed by atoms with Crippen LogP contribution in [-0.2, 0) is 11.2 Å². The lowest BCUT2D eigenvalue weighted by atomic mass is 10.1. The number of hydrogen-bond donors (Lipinski definition) is 0. The third kappa shape index (κ3) is 1.84. The standard InChI is InChI=1S/C12H12N2O2/c1-2-9-3-5-10(6-4-9)14-8-11(7-13)16-12(14)15/h3-6,11H,2,8H2,1H3. The molecule has 1 fully saturated rings. The maximum absolute atomic E-state index is 11.5. The monoisotopic (exact) mass is 216 g/mol. The summed E-state index contributed by atoms with van der Waals surface area (Å²) in [6.07, 6.45) is -0.139. The molecule has 0 bridgehead atoms. The lowest BCUT2D eigenvalue weighted by Crippen LogP contribution is -2.24. The number of nitrogens with zero attached hydrogens (tertiary/aromatic N) is 2. The van der Waals surface area contributed by atoms with Crippen LogP contribution in [0.3, 0.4) is 0 Å². The van der Waals surface area contributed by atoms with E-state index in [-0.39, 0.29) is 0 Å². The first-order valence-electron chi connectivity index (χ1n) is 5.21. The zero-order chi connectivity index (χ0) is 11.5. The molecule has 0 saturated carbocycles. The smallest absolute Gasteiger partial charge is 0.415 e. The van der Waals surface area contributed by atoms with E-state index >= 15 is 0 Å². The molecule has 16 heavy (non-hydrogen) atoms. The van der Waals surface area contributed by atoms with Gasteiger partial charge in [0.05, 0.1) is 6.54 Å². The number of carbonyl (C=O) groups excluding carboxylic acids is 1. The number of nitriles is 1. The molecule has 4 nitrogen and oxygen atoms in total. The van der Waals surface area contributed by atoms with Crippen LogP contribution < -0.4 is 4.90 Å². The summed E-state index contributed by atoms with van der Waals surface area (Å²) in [4.78, 5) is 12.9. The molecule has 1 saturated heterocycles. The summed E-state index contributed by atoms with van der Waals surface area (Å²) < 4.78 is 4.86. The second kappa shape index (κ2) is 4.23. The highest BCUT2D eigenvalue weighted by Crippen LogP contribution is 2.21. The number of rotatable bonds is 2. The Morgan fingerprint density at radius 1 is 1.50 bits per heavy atom. The van der Waals surface area contributed by atoms with Gasteiger partial charge in [-0.1, -0.05) is 19.1 Å². The van der Waals surface area contributed by atoms with Crippen LogP contribution in [0.5, 0.6) is 0 Å². The van der Waals surface area contributed by atoms with Crippen molar-refractivity contribution in [2.75, 3.05) is 11.4 Å². The van der Waals surface area contributed by atoms with Gasteiger partial charge in [0.2, 0.25) is 6.10 Å². The van der Waals surface area contributed by atoms with Gasteiger partial charge >= 0.3 is 6.09 Å². The van der Waals surface area contributed by atoms with Gasteiger partial charge in [0.25, 0.3) is 0 Å². The fourth-order valence-corrected chi connectivity index (χ4v) is 1.65. The summed E-state index contributed by atoms with van der Waals surface area (Å²) in [6, 6.07) is 9.63. The summed E-state index contributed by atoms with van der Waals surface area (Å²) in [5.41, 5.74) is 1.99. The average molecular weight is 216 g/mol. The van der Waals surface area contributed by atoms with E-state index in [2.05, 4.69) is 6.92 Å². The third-order valence-electron chi connectivity index (χ3n) is 2.61. The molecule has 82 valence electrons. The number of anilines is 1. The third-order valence-corrected chi connectivity index (χ3v) is 2.61. The van der Waals surface area contributed by atoms with Gasteiger partial charge in [-0.15, -0.1) is 0 Å². The minimum absolute atomic E-state index is 0.306. The second-order valence-electron chi connectivity index (χ2n) is 3.63. The topological polar surface area (TPSA) is 53.3 Å². The van der Waals surface area contributed by atoms with Gasteiger partial charge < -0.3 is 4.74 Å². The van der Waals surface area contributed by atoms with Crippen LogP contribution in [0, 0.1) is 11.3 Å². The average Bonchev–Trinajstić information content (AvgIpc) is 2.71. The zero-order valence-electron chi connectivity index (χ0n) is 9.01. The highest BCUT2D eigenvalue weighted by atomic mass is 16.6. The molecule has 1 aromatic rings. The van der Waals surface area contributed by atoms with Gasteiger partial charge in [-0.3, -0.25) is 4.90 Å². The van der Waals surface area contributed by atoms with Crippen molar-refractivity contribution in [3.8, 4) is 6.07 Å². The van der Waals surface area contributed by atoms with Crippen LogP contribution in [-0.4, -0.2) is 18.7 Å². The van der Waals surface area contributed by atoms with E-state index in [0.717, 1.165) is 12.1 Å². The molecule has 1 atom stereocenters. The van der Waals surface area contributed by atoms with Gasteiger partial charge in [-0.2, -0.15) is 5.26 Å². The highest BCUT2D eigenvalue weighted by molar-refractivity contribution is 5.90. The molecule has 0 radical (unpaired) electrons. The molecular weight excluding hydrogens is 204 g/mol. The van der Waals surface area contributed by atoms with E-state index in [0.29, 0.717) is 6.54 Å². The Morgan fingerprint density at radius 3 is 2.69 bits per heavy atom. The van der Waals surface area contributed by atoms with Crippen LogP contribution in [0.1, 0.15) is 12.5 Å². The number of benzene rings is 1. The Balaban J connectivity index is 2.18. The molecule has 1 aliphatic heterocycles. The SMILES string of the molecule is CCc1ccc(N2CC(C#N)OC2=O)cc1. The fraction of sp³-hybridized carbons (Fsp3) is 0.333. The summed E-state index contributed by atoms with van der Waals surface area (Å²) >= 11 is 0. The highest BCUT2D eigenvalue weighted by Gasteiger charge is 2.31. The minimum atomic E-state index is -0.654. The first-order valence-corrected chi connectivity index (χ1v) is 5.21. The molecule has 0 aromatic heterocycles. The normalized spacial score (nSPS) is 19.4. The molecule has 4 heteroatoms. The molecule has 0 aliphatic carbocycles. The largest absolute Gasteiger partial charge is 0.428 e. The number of ether oxygens (including phenoxy) is 1.